The average molecular weight is 377 g/mol. The van der Waals surface area contributed by atoms with Gasteiger partial charge in [-0.25, -0.2) is 0 Å². The highest BCUT2D eigenvalue weighted by atomic mass is 32.2. The second kappa shape index (κ2) is 8.93. The molecule has 2 heterocycles. The summed E-state index contributed by atoms with van der Waals surface area (Å²) < 4.78 is 10.8. The summed E-state index contributed by atoms with van der Waals surface area (Å²) in [5, 5.41) is 15.1. The minimum atomic E-state index is -0.693. The van der Waals surface area contributed by atoms with Crippen molar-refractivity contribution in [1.82, 2.24) is 10.1 Å². The van der Waals surface area contributed by atoms with Gasteiger partial charge in [0.05, 0.1) is 12.7 Å². The topological polar surface area (TPSA) is 58.7 Å². The summed E-state index contributed by atoms with van der Waals surface area (Å²) in [7, 11) is 1.65. The Morgan fingerprint density at radius 1 is 1.31 bits per heavy atom. The van der Waals surface area contributed by atoms with Crippen LogP contribution < -0.4 is 4.74 Å². The Morgan fingerprint density at radius 3 is 2.85 bits per heavy atom. The van der Waals surface area contributed by atoms with E-state index in [2.05, 4.69) is 16.3 Å². The van der Waals surface area contributed by atoms with Crippen molar-refractivity contribution >= 4 is 11.8 Å². The number of hydrogen-bond donors (Lipinski definition) is 1. The van der Waals surface area contributed by atoms with Gasteiger partial charge in [-0.1, -0.05) is 17.3 Å². The third kappa shape index (κ3) is 5.02. The molecule has 1 aliphatic heterocycles. The van der Waals surface area contributed by atoms with E-state index in [0.29, 0.717) is 6.42 Å². The number of thioether (sulfide) groups is 1. The number of methoxy groups -OCH3 is 1. The maximum atomic E-state index is 10.9. The number of benzene rings is 1. The van der Waals surface area contributed by atoms with Crippen LogP contribution in [0, 0.1) is 0 Å². The van der Waals surface area contributed by atoms with Gasteiger partial charge < -0.3 is 19.3 Å². The smallest absolute Gasteiger partial charge is 0.140 e. The van der Waals surface area contributed by atoms with Crippen molar-refractivity contribution in [2.45, 2.75) is 31.3 Å². The van der Waals surface area contributed by atoms with Crippen molar-refractivity contribution < 1.29 is 14.4 Å². The second-order valence-corrected chi connectivity index (χ2v) is 7.99. The summed E-state index contributed by atoms with van der Waals surface area (Å²) in [6, 6.07) is 9.68. The Hall–Kier alpha value is -1.50. The van der Waals surface area contributed by atoms with Crippen molar-refractivity contribution in [3.8, 4) is 17.0 Å². The van der Waals surface area contributed by atoms with Crippen LogP contribution in [-0.2, 0) is 6.42 Å². The summed E-state index contributed by atoms with van der Waals surface area (Å²) in [4.78, 5) is 2.45. The zero-order valence-corrected chi connectivity index (χ0v) is 16.4. The maximum absolute atomic E-state index is 10.9. The lowest BCUT2D eigenvalue weighted by Crippen LogP contribution is -2.45. The van der Waals surface area contributed by atoms with Crippen molar-refractivity contribution in [3.63, 3.8) is 0 Å². The van der Waals surface area contributed by atoms with Gasteiger partial charge >= 0.3 is 0 Å². The van der Waals surface area contributed by atoms with Gasteiger partial charge in [0.2, 0.25) is 0 Å². The van der Waals surface area contributed by atoms with Crippen LogP contribution >= 0.6 is 11.8 Å². The van der Waals surface area contributed by atoms with Crippen LogP contribution in [0.15, 0.2) is 34.9 Å². The molecule has 5 nitrogen and oxygen atoms in total. The van der Waals surface area contributed by atoms with E-state index in [1.807, 2.05) is 42.1 Å². The van der Waals surface area contributed by atoms with Crippen LogP contribution in [0.25, 0.3) is 11.3 Å². The molecule has 1 aromatic carbocycles. The molecule has 1 N–H and O–H groups in total. The number of hydrogen-bond acceptors (Lipinski definition) is 6. The summed E-state index contributed by atoms with van der Waals surface area (Å²) in [6.07, 6.45) is 5.43. The lowest BCUT2D eigenvalue weighted by molar-refractivity contribution is -0.0246. The normalized spacial score (nSPS) is 17.3. The fraction of sp³-hybridized carbons (Fsp3) is 0.550. The lowest BCUT2D eigenvalue weighted by atomic mass is 9.87. The molecule has 1 saturated heterocycles. The Kier molecular flexibility index (Phi) is 6.62. The molecule has 142 valence electrons. The van der Waals surface area contributed by atoms with Crippen LogP contribution in [0.3, 0.4) is 0 Å². The van der Waals surface area contributed by atoms with Gasteiger partial charge in [0, 0.05) is 31.1 Å². The number of aromatic nitrogens is 1. The van der Waals surface area contributed by atoms with Gasteiger partial charge in [-0.3, -0.25) is 0 Å². The lowest BCUT2D eigenvalue weighted by Gasteiger charge is -2.37. The first-order valence-corrected chi connectivity index (χ1v) is 10.5. The van der Waals surface area contributed by atoms with Crippen LogP contribution in [0.4, 0.5) is 0 Å². The molecule has 1 aromatic heterocycles. The molecule has 0 saturated carbocycles. The van der Waals surface area contributed by atoms with Gasteiger partial charge in [-0.15, -0.1) is 0 Å². The number of aliphatic hydroxyl groups is 1. The molecule has 0 atom stereocenters. The molecule has 1 fully saturated rings. The number of nitrogens with zero attached hydrogens (tertiary/aromatic N) is 2. The van der Waals surface area contributed by atoms with Crippen molar-refractivity contribution in [2.75, 3.05) is 38.8 Å². The van der Waals surface area contributed by atoms with Gasteiger partial charge in [-0.2, -0.15) is 11.8 Å². The quantitative estimate of drug-likeness (QED) is 0.712. The molecule has 6 heteroatoms. The number of rotatable bonds is 8. The zero-order chi connectivity index (χ0) is 18.4. The van der Waals surface area contributed by atoms with Crippen LogP contribution in [0.5, 0.6) is 5.75 Å². The molecule has 26 heavy (non-hydrogen) atoms. The van der Waals surface area contributed by atoms with E-state index in [1.54, 1.807) is 7.11 Å². The van der Waals surface area contributed by atoms with E-state index in [0.717, 1.165) is 55.2 Å². The molecule has 0 amide bonds. The van der Waals surface area contributed by atoms with Gasteiger partial charge in [-0.05, 0) is 49.9 Å². The fourth-order valence-electron chi connectivity index (χ4n) is 3.44. The van der Waals surface area contributed by atoms with Crippen molar-refractivity contribution in [1.29, 1.82) is 0 Å². The third-order valence-corrected chi connectivity index (χ3v) is 5.73. The SMILES string of the molecule is COc1cccc(-c2cc(CC3(O)CCN(CCCSC)CC3)on2)c1. The molecule has 3 rings (SSSR count). The molecule has 2 aromatic rings. The van der Waals surface area contributed by atoms with Gasteiger partial charge in [0.25, 0.3) is 0 Å². The average Bonchev–Trinajstić information content (AvgIpc) is 3.12. The Bertz CT molecular complexity index is 696. The Morgan fingerprint density at radius 2 is 2.12 bits per heavy atom. The molecular formula is C20H28N2O3S. The first kappa shape index (κ1) is 19.3. The molecule has 0 aliphatic carbocycles. The number of likely N-dealkylation sites (tertiary alicyclic amines) is 1. The Balaban J connectivity index is 1.57. The maximum Gasteiger partial charge on any atom is 0.140 e. The van der Waals surface area contributed by atoms with E-state index in [4.69, 9.17) is 9.26 Å². The van der Waals surface area contributed by atoms with Crippen molar-refractivity contribution in [2.24, 2.45) is 0 Å². The third-order valence-electron chi connectivity index (χ3n) is 5.04. The predicted molar refractivity (Wildman–Crippen MR) is 106 cm³/mol. The van der Waals surface area contributed by atoms with E-state index < -0.39 is 5.60 Å². The van der Waals surface area contributed by atoms with Crippen LogP contribution in [0.1, 0.15) is 25.0 Å². The minimum Gasteiger partial charge on any atom is -0.497 e. The standard InChI is InChI=1S/C20H28N2O3S/c1-24-17-6-3-5-16(13-17)19-14-18(25-21-19)15-20(23)7-10-22(11-8-20)9-4-12-26-2/h3,5-6,13-14,23H,4,7-12,15H2,1-2H3. The largest absolute Gasteiger partial charge is 0.497 e. The molecule has 0 bridgehead atoms. The molecule has 1 aliphatic rings. The predicted octanol–water partition coefficient (Wildman–Crippen LogP) is 3.47. The minimum absolute atomic E-state index is 0.516. The number of piperidine rings is 1. The van der Waals surface area contributed by atoms with Gasteiger partial charge in [0.15, 0.2) is 0 Å². The first-order chi connectivity index (χ1) is 12.6. The monoisotopic (exact) mass is 376 g/mol. The van der Waals surface area contributed by atoms with E-state index in [9.17, 15) is 5.11 Å². The summed E-state index contributed by atoms with van der Waals surface area (Å²) in [5.74, 6) is 2.73. The highest BCUT2D eigenvalue weighted by Gasteiger charge is 2.33. The summed E-state index contributed by atoms with van der Waals surface area (Å²) in [5.41, 5.74) is 1.04. The van der Waals surface area contributed by atoms with Crippen LogP contribution in [-0.4, -0.2) is 59.5 Å². The highest BCUT2D eigenvalue weighted by Crippen LogP contribution is 2.29. The second-order valence-electron chi connectivity index (χ2n) is 7.00. The number of ether oxygens (including phenoxy) is 1. The summed E-state index contributed by atoms with van der Waals surface area (Å²) in [6.45, 7) is 3.02. The van der Waals surface area contributed by atoms with E-state index in [1.165, 1.54) is 12.2 Å². The van der Waals surface area contributed by atoms with Gasteiger partial charge in [0.1, 0.15) is 17.2 Å². The summed E-state index contributed by atoms with van der Waals surface area (Å²) >= 11 is 1.89. The highest BCUT2D eigenvalue weighted by molar-refractivity contribution is 7.98. The molecule has 0 radical (unpaired) electrons. The fourth-order valence-corrected chi connectivity index (χ4v) is 3.86. The molecule has 0 spiro atoms. The van der Waals surface area contributed by atoms with Crippen LogP contribution in [0.2, 0.25) is 0 Å². The van der Waals surface area contributed by atoms with E-state index in [-0.39, 0.29) is 0 Å². The first-order valence-electron chi connectivity index (χ1n) is 9.15. The zero-order valence-electron chi connectivity index (χ0n) is 15.6. The Labute approximate surface area is 159 Å². The van der Waals surface area contributed by atoms with Crippen molar-refractivity contribution in [3.05, 3.63) is 36.1 Å². The molecule has 0 unspecified atom stereocenters. The van der Waals surface area contributed by atoms with E-state index >= 15 is 0 Å². The molecular weight excluding hydrogens is 348 g/mol.